The number of halogens is 3. The lowest BCUT2D eigenvalue weighted by molar-refractivity contribution is -0.253. The molecule has 5 atom stereocenters. The van der Waals surface area contributed by atoms with Gasteiger partial charge in [0.1, 0.15) is 6.61 Å². The third-order valence-electron chi connectivity index (χ3n) is 7.93. The van der Waals surface area contributed by atoms with Crippen molar-refractivity contribution in [1.29, 1.82) is 0 Å². The summed E-state index contributed by atoms with van der Waals surface area (Å²) in [5, 5.41) is 0. The first-order valence-electron chi connectivity index (χ1n) is 13.7. The van der Waals surface area contributed by atoms with Crippen molar-refractivity contribution in [3.05, 3.63) is 90.0 Å². The second kappa shape index (κ2) is 11.9. The number of para-hydroxylation sites is 1. The van der Waals surface area contributed by atoms with Gasteiger partial charge in [-0.3, -0.25) is 0 Å². The molecule has 3 unspecified atom stereocenters. The average molecular weight is 568 g/mol. The van der Waals surface area contributed by atoms with Crippen LogP contribution in [0.15, 0.2) is 83.9 Å². The number of hydrogen-bond acceptors (Lipinski definition) is 6. The van der Waals surface area contributed by atoms with Crippen molar-refractivity contribution in [2.24, 2.45) is 16.8 Å². The van der Waals surface area contributed by atoms with E-state index >= 15 is 0 Å². The Bertz CT molecular complexity index is 1350. The molecule has 1 heterocycles. The minimum Gasteiger partial charge on any atom is -0.440 e. The number of rotatable bonds is 6. The SMILES string of the molecule is CCC1OC(OC(=Nc2ccccc2)C(F)(F)F)C(OC(=O)OCC2c3ccccc3-c3ccccc32)[C@@H](C)[C@@H]1C. The lowest BCUT2D eigenvalue weighted by Crippen LogP contribution is -2.53. The third-order valence-corrected chi connectivity index (χ3v) is 7.93. The Balaban J connectivity index is 1.34. The molecular formula is C32H32F3NO5. The van der Waals surface area contributed by atoms with Crippen LogP contribution in [0, 0.1) is 11.8 Å². The Kier molecular flexibility index (Phi) is 8.35. The minimum absolute atomic E-state index is 0.0107. The second-order valence-corrected chi connectivity index (χ2v) is 10.4. The number of carbonyl (C=O) groups excluding carboxylic acids is 1. The summed E-state index contributed by atoms with van der Waals surface area (Å²) in [7, 11) is 0. The molecule has 1 saturated heterocycles. The van der Waals surface area contributed by atoms with E-state index in [9.17, 15) is 18.0 Å². The van der Waals surface area contributed by atoms with Crippen LogP contribution in [-0.4, -0.2) is 43.3 Å². The van der Waals surface area contributed by atoms with Crippen molar-refractivity contribution in [3.63, 3.8) is 0 Å². The van der Waals surface area contributed by atoms with Gasteiger partial charge in [-0.15, -0.1) is 0 Å². The molecule has 0 aromatic heterocycles. The van der Waals surface area contributed by atoms with Gasteiger partial charge in [-0.05, 0) is 46.7 Å². The normalized spacial score (nSPS) is 24.3. The first-order valence-corrected chi connectivity index (χ1v) is 13.7. The summed E-state index contributed by atoms with van der Waals surface area (Å²) in [6, 6.07) is 23.5. The Morgan fingerprint density at radius 3 is 2.02 bits per heavy atom. The van der Waals surface area contributed by atoms with Crippen molar-refractivity contribution < 1.29 is 36.9 Å². The molecule has 6 nitrogen and oxygen atoms in total. The average Bonchev–Trinajstić information content (AvgIpc) is 3.29. The fourth-order valence-electron chi connectivity index (χ4n) is 5.61. The highest BCUT2D eigenvalue weighted by atomic mass is 19.4. The minimum atomic E-state index is -4.90. The van der Waals surface area contributed by atoms with Crippen molar-refractivity contribution >= 4 is 17.7 Å². The van der Waals surface area contributed by atoms with Gasteiger partial charge in [-0.25, -0.2) is 9.79 Å². The summed E-state index contributed by atoms with van der Waals surface area (Å²) in [6.07, 6.45) is -8.45. The van der Waals surface area contributed by atoms with Gasteiger partial charge in [0.15, 0.2) is 6.10 Å². The molecule has 41 heavy (non-hydrogen) atoms. The maximum atomic E-state index is 14.0. The first kappa shape index (κ1) is 28.7. The maximum Gasteiger partial charge on any atom is 0.508 e. The first-order chi connectivity index (χ1) is 19.7. The zero-order chi connectivity index (χ0) is 29.1. The summed E-state index contributed by atoms with van der Waals surface area (Å²) >= 11 is 0. The summed E-state index contributed by atoms with van der Waals surface area (Å²) in [4.78, 5) is 16.7. The van der Waals surface area contributed by atoms with Crippen molar-refractivity contribution in [1.82, 2.24) is 0 Å². The highest BCUT2D eigenvalue weighted by molar-refractivity contribution is 5.84. The molecule has 3 aromatic carbocycles. The zero-order valence-corrected chi connectivity index (χ0v) is 23.0. The van der Waals surface area contributed by atoms with Crippen LogP contribution in [-0.2, 0) is 18.9 Å². The topological polar surface area (TPSA) is 66.3 Å². The molecule has 0 amide bonds. The smallest absolute Gasteiger partial charge is 0.440 e. The van der Waals surface area contributed by atoms with E-state index in [2.05, 4.69) is 4.99 Å². The van der Waals surface area contributed by atoms with Crippen LogP contribution in [0.25, 0.3) is 11.1 Å². The number of hydrogen-bond donors (Lipinski definition) is 0. The molecule has 1 fully saturated rings. The molecule has 5 rings (SSSR count). The van der Waals surface area contributed by atoms with Gasteiger partial charge < -0.3 is 18.9 Å². The van der Waals surface area contributed by atoms with Crippen LogP contribution in [0.2, 0.25) is 0 Å². The van der Waals surface area contributed by atoms with Gasteiger partial charge in [0.2, 0.25) is 6.29 Å². The predicted octanol–water partition coefficient (Wildman–Crippen LogP) is 8.04. The molecule has 3 aromatic rings. The standard InChI is InChI=1S/C32H32F3NO5/c1-4-27-19(2)20(3)28(29(39-27)41-30(32(33,34)35)36-21-12-6-5-7-13-21)40-31(37)38-18-26-24-16-10-8-14-22(24)23-15-9-11-17-25(23)26/h5-17,19-20,26-29H,4,18H2,1-3H3/t19-,20-,27?,28?,29?/m0/s1. The van der Waals surface area contributed by atoms with Gasteiger partial charge in [-0.2, -0.15) is 13.2 Å². The highest BCUT2D eigenvalue weighted by Crippen LogP contribution is 2.44. The number of carbonyl (C=O) groups is 1. The number of benzene rings is 3. The Labute approximate surface area is 237 Å². The second-order valence-electron chi connectivity index (χ2n) is 10.4. The maximum absolute atomic E-state index is 14.0. The molecule has 1 aliphatic carbocycles. The van der Waals surface area contributed by atoms with Crippen molar-refractivity contribution in [3.8, 4) is 11.1 Å². The molecule has 0 N–H and O–H groups in total. The van der Waals surface area contributed by atoms with Gasteiger partial charge in [0.05, 0.1) is 11.8 Å². The van der Waals surface area contributed by atoms with Crippen LogP contribution in [0.3, 0.4) is 0 Å². The largest absolute Gasteiger partial charge is 0.508 e. The number of nitrogens with zero attached hydrogens (tertiary/aromatic N) is 1. The lowest BCUT2D eigenvalue weighted by atomic mass is 9.82. The van der Waals surface area contributed by atoms with Gasteiger partial charge >= 0.3 is 12.3 Å². The Morgan fingerprint density at radius 2 is 1.44 bits per heavy atom. The Morgan fingerprint density at radius 1 is 0.854 bits per heavy atom. The molecule has 1 aliphatic heterocycles. The zero-order valence-electron chi connectivity index (χ0n) is 23.0. The highest BCUT2D eigenvalue weighted by Gasteiger charge is 2.49. The summed E-state index contributed by atoms with van der Waals surface area (Å²) in [5.41, 5.74) is 4.28. The van der Waals surface area contributed by atoms with Crippen molar-refractivity contribution in [2.45, 2.75) is 57.8 Å². The number of fused-ring (bicyclic) bond motifs is 3. The van der Waals surface area contributed by atoms with Crippen LogP contribution >= 0.6 is 0 Å². The number of aliphatic imine (C=N–C) groups is 1. The van der Waals surface area contributed by atoms with E-state index < -0.39 is 36.7 Å². The quantitative estimate of drug-likeness (QED) is 0.171. The Hall–Kier alpha value is -3.85. The molecular weight excluding hydrogens is 535 g/mol. The number of ether oxygens (including phenoxy) is 4. The summed E-state index contributed by atoms with van der Waals surface area (Å²) < 4.78 is 64.5. The van der Waals surface area contributed by atoms with Gasteiger partial charge in [0.25, 0.3) is 5.90 Å². The van der Waals surface area contributed by atoms with E-state index in [1.807, 2.05) is 62.4 Å². The van der Waals surface area contributed by atoms with Crippen LogP contribution < -0.4 is 0 Å². The third kappa shape index (κ3) is 6.10. The predicted molar refractivity (Wildman–Crippen MR) is 148 cm³/mol. The van der Waals surface area contributed by atoms with E-state index in [1.165, 1.54) is 12.1 Å². The molecule has 2 aliphatic rings. The van der Waals surface area contributed by atoms with E-state index in [0.29, 0.717) is 6.42 Å². The molecule has 0 saturated carbocycles. The van der Waals surface area contributed by atoms with E-state index in [1.54, 1.807) is 25.1 Å². The fourth-order valence-corrected chi connectivity index (χ4v) is 5.61. The van der Waals surface area contributed by atoms with Crippen LogP contribution in [0.1, 0.15) is 44.2 Å². The van der Waals surface area contributed by atoms with Crippen molar-refractivity contribution in [2.75, 3.05) is 6.61 Å². The van der Waals surface area contributed by atoms with Crippen LogP contribution in [0.5, 0.6) is 0 Å². The summed E-state index contributed by atoms with van der Waals surface area (Å²) in [5.74, 6) is -2.18. The van der Waals surface area contributed by atoms with Gasteiger partial charge in [0, 0.05) is 11.8 Å². The molecule has 0 bridgehead atoms. The molecule has 0 spiro atoms. The van der Waals surface area contributed by atoms with Crippen LogP contribution in [0.4, 0.5) is 23.7 Å². The summed E-state index contributed by atoms with van der Waals surface area (Å²) in [6.45, 7) is 5.60. The lowest BCUT2D eigenvalue weighted by Gasteiger charge is -2.43. The molecule has 216 valence electrons. The fraction of sp³-hybridized carbons (Fsp3) is 0.375. The van der Waals surface area contributed by atoms with E-state index in [-0.39, 0.29) is 30.0 Å². The van der Waals surface area contributed by atoms with Gasteiger partial charge in [-0.1, -0.05) is 87.5 Å². The monoisotopic (exact) mass is 567 g/mol. The molecule has 0 radical (unpaired) electrons. The molecule has 9 heteroatoms. The van der Waals surface area contributed by atoms with E-state index in [0.717, 1.165) is 22.3 Å². The number of alkyl halides is 3. The van der Waals surface area contributed by atoms with E-state index in [4.69, 9.17) is 18.9 Å².